The van der Waals surface area contributed by atoms with Gasteiger partial charge < -0.3 is 19.7 Å². The van der Waals surface area contributed by atoms with Crippen LogP contribution in [0.1, 0.15) is 26.7 Å². The Labute approximate surface area is 78.5 Å². The second kappa shape index (κ2) is 4.91. The molecule has 3 atom stereocenters. The van der Waals surface area contributed by atoms with E-state index in [-0.39, 0.29) is 18.8 Å². The zero-order chi connectivity index (χ0) is 9.84. The molecule has 1 aliphatic rings. The first-order valence-electron chi connectivity index (χ1n) is 4.73. The van der Waals surface area contributed by atoms with Crippen LogP contribution in [0.2, 0.25) is 0 Å². The lowest BCUT2D eigenvalue weighted by atomic mass is 10.1. The summed E-state index contributed by atoms with van der Waals surface area (Å²) in [6.45, 7) is 3.77. The normalized spacial score (nSPS) is 35.3. The monoisotopic (exact) mass is 190 g/mol. The number of hydrogen-bond donors (Lipinski definition) is 2. The minimum atomic E-state index is -0.578. The lowest BCUT2D eigenvalue weighted by Crippen LogP contribution is -2.42. The summed E-state index contributed by atoms with van der Waals surface area (Å²) < 4.78 is 10.7. The number of ether oxygens (including phenoxy) is 2. The summed E-state index contributed by atoms with van der Waals surface area (Å²) in [7, 11) is 0. The zero-order valence-electron chi connectivity index (χ0n) is 8.14. The van der Waals surface area contributed by atoms with Crippen molar-refractivity contribution in [3.63, 3.8) is 0 Å². The molecule has 0 bridgehead atoms. The first-order chi connectivity index (χ1) is 6.13. The van der Waals surface area contributed by atoms with E-state index in [2.05, 4.69) is 0 Å². The van der Waals surface area contributed by atoms with E-state index in [1.165, 1.54) is 0 Å². The highest BCUT2D eigenvalue weighted by molar-refractivity contribution is 4.73. The fraction of sp³-hybridized carbons (Fsp3) is 1.00. The van der Waals surface area contributed by atoms with Gasteiger partial charge in [-0.25, -0.2) is 0 Å². The number of aliphatic hydroxyl groups is 2. The Kier molecular flexibility index (Phi) is 4.12. The Morgan fingerprint density at radius 3 is 2.69 bits per heavy atom. The highest BCUT2D eigenvalue weighted by Crippen LogP contribution is 2.21. The maximum absolute atomic E-state index is 9.50. The SMILES string of the molecule is CC(C)O[C@H]1O[C@H](CO)CC[C@H]1O. The molecule has 78 valence electrons. The Morgan fingerprint density at radius 1 is 1.46 bits per heavy atom. The fourth-order valence-electron chi connectivity index (χ4n) is 1.37. The molecule has 1 saturated heterocycles. The van der Waals surface area contributed by atoms with E-state index in [9.17, 15) is 5.11 Å². The van der Waals surface area contributed by atoms with Gasteiger partial charge in [0.2, 0.25) is 0 Å². The van der Waals surface area contributed by atoms with Gasteiger partial charge in [0.05, 0.1) is 18.8 Å². The van der Waals surface area contributed by atoms with E-state index in [1.54, 1.807) is 0 Å². The molecule has 1 fully saturated rings. The Hall–Kier alpha value is -0.160. The molecule has 0 radical (unpaired) electrons. The molecule has 0 amide bonds. The summed E-state index contributed by atoms with van der Waals surface area (Å²) >= 11 is 0. The molecule has 0 aromatic rings. The predicted molar refractivity (Wildman–Crippen MR) is 47.2 cm³/mol. The molecule has 0 saturated carbocycles. The van der Waals surface area contributed by atoms with Crippen molar-refractivity contribution in [2.45, 2.75) is 51.3 Å². The third-order valence-corrected chi connectivity index (χ3v) is 2.04. The maximum Gasteiger partial charge on any atom is 0.184 e. The molecule has 13 heavy (non-hydrogen) atoms. The van der Waals surface area contributed by atoms with Gasteiger partial charge in [0.25, 0.3) is 0 Å². The summed E-state index contributed by atoms with van der Waals surface area (Å²) in [5.74, 6) is 0. The second-order valence-corrected chi connectivity index (χ2v) is 3.64. The average Bonchev–Trinajstić information content (AvgIpc) is 2.08. The van der Waals surface area contributed by atoms with Crippen molar-refractivity contribution in [2.24, 2.45) is 0 Å². The molecule has 1 aliphatic heterocycles. The van der Waals surface area contributed by atoms with Crippen molar-refractivity contribution in [3.05, 3.63) is 0 Å². The minimum Gasteiger partial charge on any atom is -0.394 e. The van der Waals surface area contributed by atoms with E-state index in [0.717, 1.165) is 0 Å². The highest BCUT2D eigenvalue weighted by Gasteiger charge is 2.30. The molecule has 4 nitrogen and oxygen atoms in total. The third kappa shape index (κ3) is 3.23. The van der Waals surface area contributed by atoms with Crippen LogP contribution in [-0.2, 0) is 9.47 Å². The van der Waals surface area contributed by atoms with Crippen LogP contribution >= 0.6 is 0 Å². The van der Waals surface area contributed by atoms with Crippen LogP contribution in [0.4, 0.5) is 0 Å². The van der Waals surface area contributed by atoms with Gasteiger partial charge in [-0.1, -0.05) is 0 Å². The molecule has 0 aromatic heterocycles. The molecule has 1 rings (SSSR count). The lowest BCUT2D eigenvalue weighted by Gasteiger charge is -2.33. The van der Waals surface area contributed by atoms with Gasteiger partial charge in [0, 0.05) is 0 Å². The number of hydrogen-bond acceptors (Lipinski definition) is 4. The van der Waals surface area contributed by atoms with Crippen molar-refractivity contribution < 1.29 is 19.7 Å². The summed E-state index contributed by atoms with van der Waals surface area (Å²) in [6, 6.07) is 0. The van der Waals surface area contributed by atoms with E-state index in [1.807, 2.05) is 13.8 Å². The van der Waals surface area contributed by atoms with Gasteiger partial charge in [-0.2, -0.15) is 0 Å². The molecular weight excluding hydrogens is 172 g/mol. The standard InChI is InChI=1S/C9H18O4/c1-6(2)12-9-8(11)4-3-7(5-10)13-9/h6-11H,3-5H2,1-2H3/t7-,8+,9-/m0/s1. The molecule has 0 aromatic carbocycles. The summed E-state index contributed by atoms with van der Waals surface area (Å²) in [4.78, 5) is 0. The van der Waals surface area contributed by atoms with Crippen LogP contribution in [0.3, 0.4) is 0 Å². The molecule has 2 N–H and O–H groups in total. The van der Waals surface area contributed by atoms with Crippen LogP contribution < -0.4 is 0 Å². The van der Waals surface area contributed by atoms with Crippen molar-refractivity contribution in [1.82, 2.24) is 0 Å². The van der Waals surface area contributed by atoms with Gasteiger partial charge in [0.1, 0.15) is 6.10 Å². The van der Waals surface area contributed by atoms with Gasteiger partial charge in [-0.3, -0.25) is 0 Å². The first-order valence-corrected chi connectivity index (χ1v) is 4.73. The minimum absolute atomic E-state index is 0.00925. The van der Waals surface area contributed by atoms with Crippen LogP contribution in [0.5, 0.6) is 0 Å². The molecule has 0 unspecified atom stereocenters. The number of rotatable bonds is 3. The van der Waals surface area contributed by atoms with Crippen molar-refractivity contribution in [3.8, 4) is 0 Å². The van der Waals surface area contributed by atoms with Crippen LogP contribution in [0.25, 0.3) is 0 Å². The van der Waals surface area contributed by atoms with Gasteiger partial charge in [-0.15, -0.1) is 0 Å². The topological polar surface area (TPSA) is 58.9 Å². The molecule has 0 aliphatic carbocycles. The molecule has 1 heterocycles. The Bertz CT molecular complexity index is 149. The zero-order valence-corrected chi connectivity index (χ0v) is 8.14. The Balaban J connectivity index is 2.40. The third-order valence-electron chi connectivity index (χ3n) is 2.04. The number of aliphatic hydroxyl groups excluding tert-OH is 2. The quantitative estimate of drug-likeness (QED) is 0.670. The van der Waals surface area contributed by atoms with Crippen LogP contribution in [0, 0.1) is 0 Å². The van der Waals surface area contributed by atoms with Crippen LogP contribution in [0.15, 0.2) is 0 Å². The molecular formula is C9H18O4. The maximum atomic E-state index is 9.50. The molecule has 0 spiro atoms. The highest BCUT2D eigenvalue weighted by atomic mass is 16.7. The van der Waals surface area contributed by atoms with E-state index in [0.29, 0.717) is 12.8 Å². The van der Waals surface area contributed by atoms with E-state index >= 15 is 0 Å². The first kappa shape index (κ1) is 10.9. The Morgan fingerprint density at radius 2 is 2.15 bits per heavy atom. The lowest BCUT2D eigenvalue weighted by molar-refractivity contribution is -0.256. The average molecular weight is 190 g/mol. The fourth-order valence-corrected chi connectivity index (χ4v) is 1.37. The van der Waals surface area contributed by atoms with Gasteiger partial charge in [0.15, 0.2) is 6.29 Å². The second-order valence-electron chi connectivity index (χ2n) is 3.64. The van der Waals surface area contributed by atoms with Gasteiger partial charge in [-0.05, 0) is 26.7 Å². The largest absolute Gasteiger partial charge is 0.394 e. The van der Waals surface area contributed by atoms with Crippen molar-refractivity contribution in [2.75, 3.05) is 6.61 Å². The summed E-state index contributed by atoms with van der Waals surface area (Å²) in [5.41, 5.74) is 0. The molecule has 4 heteroatoms. The summed E-state index contributed by atoms with van der Waals surface area (Å²) in [5, 5.41) is 18.4. The van der Waals surface area contributed by atoms with E-state index in [4.69, 9.17) is 14.6 Å². The van der Waals surface area contributed by atoms with Gasteiger partial charge >= 0.3 is 0 Å². The van der Waals surface area contributed by atoms with Crippen molar-refractivity contribution in [1.29, 1.82) is 0 Å². The van der Waals surface area contributed by atoms with E-state index < -0.39 is 12.4 Å². The predicted octanol–water partition coefficient (Wildman–Crippen LogP) is 0.270. The van der Waals surface area contributed by atoms with Crippen molar-refractivity contribution >= 4 is 0 Å². The smallest absolute Gasteiger partial charge is 0.184 e. The van der Waals surface area contributed by atoms with Crippen LogP contribution in [-0.4, -0.2) is 41.4 Å². The summed E-state index contributed by atoms with van der Waals surface area (Å²) in [6.07, 6.45) is 0.0125.